The van der Waals surface area contributed by atoms with Gasteiger partial charge in [-0.25, -0.2) is 9.78 Å². The van der Waals surface area contributed by atoms with Crippen molar-refractivity contribution in [1.82, 2.24) is 0 Å². The van der Waals surface area contributed by atoms with E-state index in [1.54, 1.807) is 0 Å². The van der Waals surface area contributed by atoms with Crippen molar-refractivity contribution in [2.45, 2.75) is 96.9 Å². The third-order valence-electron chi connectivity index (χ3n) is 9.75. The van der Waals surface area contributed by atoms with E-state index < -0.39 is 11.2 Å². The Kier molecular flexibility index (Phi) is 4.75. The Morgan fingerprint density at radius 2 is 1.93 bits per heavy atom. The number of hydrogen-bond donors (Lipinski definition) is 1. The number of aliphatic hydroxyl groups excluding tert-OH is 1. The molecule has 30 heavy (non-hydrogen) atoms. The molecule has 2 saturated carbocycles. The Hall–Kier alpha value is -0.900. The van der Waals surface area contributed by atoms with Crippen molar-refractivity contribution in [3.8, 4) is 0 Å². The maximum atomic E-state index is 10.4. The third-order valence-corrected chi connectivity index (χ3v) is 9.75. The normalized spacial score (nSPS) is 50.4. The van der Waals surface area contributed by atoms with Gasteiger partial charge in [-0.05, 0) is 79.4 Å². The van der Waals surface area contributed by atoms with E-state index in [0.717, 1.165) is 31.6 Å². The molecule has 0 amide bonds. The summed E-state index contributed by atoms with van der Waals surface area (Å²) in [5.41, 5.74) is 0.683. The van der Waals surface area contributed by atoms with E-state index in [4.69, 9.17) is 9.78 Å². The van der Waals surface area contributed by atoms with Gasteiger partial charge in [-0.1, -0.05) is 52.8 Å². The second-order valence-corrected chi connectivity index (χ2v) is 11.9. The standard InChI is InChI=1S/C27H40O3/c1-18(2)7-6-8-19(3)21-9-10-22-24(21,4)13-12-23-25(5)14-11-20(28)17-26(25)15-16-27(22,23)30-29-26/h6,8,12,15-16,18-22,28H,7,9-11,13-14,17H2,1-5H3/b8-6+/t19-,20+,21-,22+,24-,25-,26-,27+/m1/s1. The molecule has 166 valence electrons. The van der Waals surface area contributed by atoms with E-state index in [-0.39, 0.29) is 16.9 Å². The molecule has 2 heterocycles. The highest BCUT2D eigenvalue weighted by Gasteiger charge is 2.71. The molecule has 6 rings (SSSR count). The summed E-state index contributed by atoms with van der Waals surface area (Å²) < 4.78 is 0. The Balaban J connectivity index is 1.49. The molecule has 3 heteroatoms. The predicted octanol–water partition coefficient (Wildman–Crippen LogP) is 6.15. The minimum absolute atomic E-state index is 0.0680. The highest BCUT2D eigenvalue weighted by molar-refractivity contribution is 5.48. The molecule has 0 aromatic rings. The summed E-state index contributed by atoms with van der Waals surface area (Å²) in [7, 11) is 0. The van der Waals surface area contributed by atoms with Crippen LogP contribution in [0.25, 0.3) is 0 Å². The van der Waals surface area contributed by atoms with Crippen LogP contribution in [0.15, 0.2) is 36.0 Å². The molecule has 0 aromatic carbocycles. The van der Waals surface area contributed by atoms with E-state index in [9.17, 15) is 5.11 Å². The summed E-state index contributed by atoms with van der Waals surface area (Å²) in [6.45, 7) is 11.9. The zero-order valence-corrected chi connectivity index (χ0v) is 19.5. The first-order chi connectivity index (χ1) is 14.2. The SMILES string of the molecule is CC(C)C/C=C/[C@@H](C)[C@H]1CC[C@H]2[C@]1(C)CC=C1[C@]23C=C[C@]2(C[C@@H](O)CC[C@]12C)OO3. The van der Waals surface area contributed by atoms with Crippen LogP contribution in [0.5, 0.6) is 0 Å². The molecule has 8 atom stereocenters. The summed E-state index contributed by atoms with van der Waals surface area (Å²) in [6.07, 6.45) is 18.9. The molecule has 1 N–H and O–H groups in total. The lowest BCUT2D eigenvalue weighted by Gasteiger charge is -2.66. The van der Waals surface area contributed by atoms with Gasteiger partial charge in [0, 0.05) is 17.8 Å². The molecule has 0 aromatic heterocycles. The van der Waals surface area contributed by atoms with Gasteiger partial charge in [-0.2, -0.15) is 0 Å². The predicted molar refractivity (Wildman–Crippen MR) is 120 cm³/mol. The molecule has 3 fully saturated rings. The number of rotatable bonds is 4. The first-order valence-electron chi connectivity index (χ1n) is 12.3. The zero-order chi connectivity index (χ0) is 21.4. The lowest BCUT2D eigenvalue weighted by atomic mass is 9.47. The van der Waals surface area contributed by atoms with E-state index in [1.807, 2.05) is 0 Å². The summed E-state index contributed by atoms with van der Waals surface area (Å²) in [6, 6.07) is 0. The molecule has 1 saturated heterocycles. The molecule has 0 unspecified atom stereocenters. The third kappa shape index (κ3) is 2.61. The fraction of sp³-hybridized carbons (Fsp3) is 0.778. The number of fused-ring (bicyclic) bond motifs is 2. The van der Waals surface area contributed by atoms with E-state index in [2.05, 4.69) is 65.0 Å². The van der Waals surface area contributed by atoms with Gasteiger partial charge in [0.25, 0.3) is 0 Å². The smallest absolute Gasteiger partial charge is 0.147 e. The maximum absolute atomic E-state index is 10.4. The van der Waals surface area contributed by atoms with Crippen LogP contribution in [0, 0.1) is 34.5 Å². The van der Waals surface area contributed by atoms with Gasteiger partial charge in [0.05, 0.1) is 6.10 Å². The number of allylic oxidation sites excluding steroid dienone is 3. The lowest BCUT2D eigenvalue weighted by molar-refractivity contribution is -0.455. The summed E-state index contributed by atoms with van der Waals surface area (Å²) in [5, 5.41) is 10.4. The Morgan fingerprint density at radius 3 is 2.63 bits per heavy atom. The van der Waals surface area contributed by atoms with Crippen molar-refractivity contribution in [1.29, 1.82) is 0 Å². The van der Waals surface area contributed by atoms with E-state index in [1.165, 1.54) is 18.4 Å². The average molecular weight is 413 g/mol. The monoisotopic (exact) mass is 412 g/mol. The van der Waals surface area contributed by atoms with Gasteiger partial charge in [0.1, 0.15) is 11.2 Å². The van der Waals surface area contributed by atoms with Crippen LogP contribution >= 0.6 is 0 Å². The van der Waals surface area contributed by atoms with Crippen LogP contribution in [0.2, 0.25) is 0 Å². The van der Waals surface area contributed by atoms with Crippen LogP contribution in [0.4, 0.5) is 0 Å². The topological polar surface area (TPSA) is 38.7 Å². The minimum atomic E-state index is -0.503. The second kappa shape index (κ2) is 6.80. The van der Waals surface area contributed by atoms with Crippen LogP contribution < -0.4 is 0 Å². The Bertz CT molecular complexity index is 796. The highest BCUT2D eigenvalue weighted by atomic mass is 17.2. The fourth-order valence-electron chi connectivity index (χ4n) is 8.00. The van der Waals surface area contributed by atoms with Crippen molar-refractivity contribution in [3.05, 3.63) is 36.0 Å². The van der Waals surface area contributed by atoms with Gasteiger partial charge in [-0.3, -0.25) is 0 Å². The quantitative estimate of drug-likeness (QED) is 0.445. The molecule has 6 aliphatic rings. The van der Waals surface area contributed by atoms with Crippen molar-refractivity contribution in [2.24, 2.45) is 34.5 Å². The zero-order valence-electron chi connectivity index (χ0n) is 19.5. The molecule has 4 aliphatic carbocycles. The second-order valence-electron chi connectivity index (χ2n) is 11.9. The van der Waals surface area contributed by atoms with Crippen molar-refractivity contribution in [2.75, 3.05) is 0 Å². The molecular formula is C27H40O3. The van der Waals surface area contributed by atoms with Gasteiger partial charge in [-0.15, -0.1) is 0 Å². The van der Waals surface area contributed by atoms with Crippen molar-refractivity contribution < 1.29 is 14.9 Å². The van der Waals surface area contributed by atoms with Gasteiger partial charge >= 0.3 is 0 Å². The van der Waals surface area contributed by atoms with Crippen LogP contribution in [0.3, 0.4) is 0 Å². The lowest BCUT2D eigenvalue weighted by Crippen LogP contribution is -2.69. The van der Waals surface area contributed by atoms with Gasteiger partial charge < -0.3 is 5.11 Å². The van der Waals surface area contributed by atoms with Gasteiger partial charge in [0.15, 0.2) is 0 Å². The molecule has 0 radical (unpaired) electrons. The van der Waals surface area contributed by atoms with E-state index in [0.29, 0.717) is 24.2 Å². The summed E-state index contributed by atoms with van der Waals surface area (Å²) >= 11 is 0. The largest absolute Gasteiger partial charge is 0.393 e. The molecule has 2 spiro atoms. The van der Waals surface area contributed by atoms with Crippen molar-refractivity contribution >= 4 is 0 Å². The first-order valence-corrected chi connectivity index (χ1v) is 12.3. The fourth-order valence-corrected chi connectivity index (χ4v) is 8.00. The minimum Gasteiger partial charge on any atom is -0.393 e. The number of aliphatic hydroxyl groups is 1. The van der Waals surface area contributed by atoms with Crippen LogP contribution in [-0.4, -0.2) is 22.4 Å². The molecule has 2 bridgehead atoms. The van der Waals surface area contributed by atoms with E-state index >= 15 is 0 Å². The molecular weight excluding hydrogens is 372 g/mol. The summed E-state index contributed by atoms with van der Waals surface area (Å²) in [5.74, 6) is 2.43. The van der Waals surface area contributed by atoms with Crippen LogP contribution in [0.1, 0.15) is 79.6 Å². The highest BCUT2D eigenvalue weighted by Crippen LogP contribution is 2.71. The first kappa shape index (κ1) is 21.0. The Morgan fingerprint density at radius 1 is 1.13 bits per heavy atom. The Labute approximate surface area is 182 Å². The molecule has 2 aliphatic heterocycles. The van der Waals surface area contributed by atoms with Gasteiger partial charge in [0.2, 0.25) is 0 Å². The average Bonchev–Trinajstić information content (AvgIpc) is 3.05. The number of hydrogen-bond acceptors (Lipinski definition) is 3. The summed E-state index contributed by atoms with van der Waals surface area (Å²) in [4.78, 5) is 12.6. The van der Waals surface area contributed by atoms with Crippen molar-refractivity contribution in [3.63, 3.8) is 0 Å². The van der Waals surface area contributed by atoms with Crippen LogP contribution in [-0.2, 0) is 9.78 Å². The molecule has 3 nitrogen and oxygen atoms in total. The maximum Gasteiger partial charge on any atom is 0.147 e.